The van der Waals surface area contributed by atoms with E-state index < -0.39 is 18.5 Å². The van der Waals surface area contributed by atoms with Gasteiger partial charge in [-0.3, -0.25) is 4.98 Å². The van der Waals surface area contributed by atoms with Gasteiger partial charge in [-0.25, -0.2) is 13.6 Å². The summed E-state index contributed by atoms with van der Waals surface area (Å²) < 4.78 is 28.5. The van der Waals surface area contributed by atoms with Gasteiger partial charge in [-0.1, -0.05) is 0 Å². The Hall–Kier alpha value is -1.56. The Morgan fingerprint density at radius 1 is 1.53 bits per heavy atom. The van der Waals surface area contributed by atoms with E-state index in [2.05, 4.69) is 9.72 Å². The highest BCUT2D eigenvalue weighted by atomic mass is 19.3. The molecule has 15 heavy (non-hydrogen) atoms. The fraction of sp³-hybridized carbons (Fsp3) is 0.333. The highest BCUT2D eigenvalue weighted by molar-refractivity contribution is 5.88. The van der Waals surface area contributed by atoms with E-state index in [9.17, 15) is 13.6 Å². The maximum absolute atomic E-state index is 12.1. The van der Waals surface area contributed by atoms with E-state index in [0.29, 0.717) is 0 Å². The number of alkyl halides is 2. The molecule has 0 saturated heterocycles. The van der Waals surface area contributed by atoms with Crippen LogP contribution < -0.4 is 0 Å². The zero-order valence-corrected chi connectivity index (χ0v) is 7.85. The molecule has 0 aliphatic carbocycles. The van der Waals surface area contributed by atoms with Crippen molar-refractivity contribution < 1.29 is 23.4 Å². The van der Waals surface area contributed by atoms with E-state index in [0.717, 1.165) is 12.3 Å². The highest BCUT2D eigenvalue weighted by Gasteiger charge is 2.20. The van der Waals surface area contributed by atoms with Gasteiger partial charge < -0.3 is 9.84 Å². The van der Waals surface area contributed by atoms with Gasteiger partial charge in [-0.05, 0) is 12.1 Å². The minimum atomic E-state index is -2.90. The lowest BCUT2D eigenvalue weighted by molar-refractivity contribution is -0.00822. The van der Waals surface area contributed by atoms with E-state index in [1.54, 1.807) is 0 Å². The average Bonchev–Trinajstić information content (AvgIpc) is 2.27. The molecule has 0 bridgehead atoms. The van der Waals surface area contributed by atoms with Gasteiger partial charge >= 0.3 is 5.97 Å². The molecule has 6 heteroatoms. The molecule has 1 unspecified atom stereocenters. The number of nitrogens with zero attached hydrogens (tertiary/aromatic N) is 1. The third-order valence-electron chi connectivity index (χ3n) is 1.75. The van der Waals surface area contributed by atoms with Crippen LogP contribution >= 0.6 is 0 Å². The summed E-state index contributed by atoms with van der Waals surface area (Å²) in [5.41, 5.74) is -0.0413. The normalized spacial score (nSPS) is 12.6. The van der Waals surface area contributed by atoms with Gasteiger partial charge in [0.25, 0.3) is 6.43 Å². The Morgan fingerprint density at radius 3 is 2.60 bits per heavy atom. The van der Waals surface area contributed by atoms with Crippen molar-refractivity contribution in [2.24, 2.45) is 0 Å². The average molecular weight is 217 g/mol. The maximum Gasteiger partial charge on any atom is 0.339 e. The molecule has 0 aliphatic rings. The Kier molecular flexibility index (Phi) is 3.68. The molecule has 0 saturated carbocycles. The molecule has 1 N–H and O–H groups in total. The lowest BCUT2D eigenvalue weighted by atomic mass is 10.2. The van der Waals surface area contributed by atoms with Crippen molar-refractivity contribution >= 4 is 5.97 Å². The molecule has 1 aromatic heterocycles. The molecule has 0 amide bonds. The molecule has 0 fully saturated rings. The number of halogens is 2. The number of hydrogen-bond acceptors (Lipinski definition) is 4. The van der Waals surface area contributed by atoms with E-state index in [4.69, 9.17) is 5.11 Å². The molecule has 0 aliphatic heterocycles. The molecule has 1 heterocycles. The van der Waals surface area contributed by atoms with Crippen LogP contribution in [-0.2, 0) is 4.74 Å². The van der Waals surface area contributed by atoms with Crippen LogP contribution in [0.25, 0.3) is 0 Å². The fourth-order valence-corrected chi connectivity index (χ4v) is 0.948. The zero-order chi connectivity index (χ0) is 11.4. The Bertz CT molecular complexity index is 340. The molecule has 82 valence electrons. The van der Waals surface area contributed by atoms with E-state index >= 15 is 0 Å². The first-order valence-corrected chi connectivity index (χ1v) is 4.06. The second-order valence-corrected chi connectivity index (χ2v) is 2.74. The monoisotopic (exact) mass is 217 g/mol. The maximum atomic E-state index is 12.1. The summed E-state index contributed by atoms with van der Waals surface area (Å²) in [4.78, 5) is 14.5. The van der Waals surface area contributed by atoms with Crippen LogP contribution in [0, 0.1) is 0 Å². The molecule has 1 atom stereocenters. The molecule has 0 aromatic carbocycles. The number of aliphatic hydroxyl groups excluding tert-OH is 1. The topological polar surface area (TPSA) is 59.4 Å². The fourth-order valence-electron chi connectivity index (χ4n) is 0.948. The van der Waals surface area contributed by atoms with Crippen LogP contribution in [0.5, 0.6) is 0 Å². The number of esters is 1. The lowest BCUT2D eigenvalue weighted by Gasteiger charge is -2.08. The largest absolute Gasteiger partial charge is 0.465 e. The summed E-state index contributed by atoms with van der Waals surface area (Å²) in [5, 5.41) is 8.96. The standard InChI is InChI=1S/C9H9F2NO3/c1-15-9(14)5-2-3-6(12-4-5)7(13)8(10)11/h2-4,7-8,13H,1H3. The second-order valence-electron chi connectivity index (χ2n) is 2.74. The second kappa shape index (κ2) is 4.79. The van der Waals surface area contributed by atoms with E-state index in [1.807, 2.05) is 0 Å². The zero-order valence-electron chi connectivity index (χ0n) is 7.85. The summed E-state index contributed by atoms with van der Waals surface area (Å²) in [6.07, 6.45) is -3.76. The summed E-state index contributed by atoms with van der Waals surface area (Å²) >= 11 is 0. The number of ether oxygens (including phenoxy) is 1. The van der Waals surface area contributed by atoms with Crippen LogP contribution in [0.2, 0.25) is 0 Å². The van der Waals surface area contributed by atoms with Crippen molar-refractivity contribution in [1.82, 2.24) is 4.98 Å². The summed E-state index contributed by atoms with van der Waals surface area (Å²) in [7, 11) is 1.20. The van der Waals surface area contributed by atoms with Gasteiger partial charge in [0.1, 0.15) is 0 Å². The molecule has 1 aromatic rings. The molecule has 1 rings (SSSR count). The van der Waals surface area contributed by atoms with Gasteiger partial charge in [-0.15, -0.1) is 0 Å². The smallest absolute Gasteiger partial charge is 0.339 e. The number of aromatic nitrogens is 1. The van der Waals surface area contributed by atoms with Crippen LogP contribution in [-0.4, -0.2) is 29.6 Å². The van der Waals surface area contributed by atoms with Crippen LogP contribution in [0.1, 0.15) is 22.2 Å². The molecule has 0 spiro atoms. The number of rotatable bonds is 3. The minimum Gasteiger partial charge on any atom is -0.465 e. The van der Waals surface area contributed by atoms with Gasteiger partial charge in [0.05, 0.1) is 18.4 Å². The van der Waals surface area contributed by atoms with E-state index in [-0.39, 0.29) is 11.3 Å². The summed E-state index contributed by atoms with van der Waals surface area (Å²) in [6.45, 7) is 0. The van der Waals surface area contributed by atoms with Crippen molar-refractivity contribution in [2.45, 2.75) is 12.5 Å². The van der Waals surface area contributed by atoms with Gasteiger partial charge in [0.15, 0.2) is 6.10 Å². The lowest BCUT2D eigenvalue weighted by Crippen LogP contribution is -2.11. The number of hydrogen-bond donors (Lipinski definition) is 1. The number of aliphatic hydroxyl groups is 1. The third kappa shape index (κ3) is 2.69. The van der Waals surface area contributed by atoms with Crippen molar-refractivity contribution in [3.8, 4) is 0 Å². The van der Waals surface area contributed by atoms with Crippen molar-refractivity contribution in [1.29, 1.82) is 0 Å². The summed E-state index contributed by atoms with van der Waals surface area (Å²) in [5.74, 6) is -0.611. The number of methoxy groups -OCH3 is 1. The Labute approximate surface area is 84.5 Å². The van der Waals surface area contributed by atoms with Gasteiger partial charge in [-0.2, -0.15) is 0 Å². The first kappa shape index (κ1) is 11.5. The van der Waals surface area contributed by atoms with Crippen molar-refractivity contribution in [2.75, 3.05) is 7.11 Å². The molecular weight excluding hydrogens is 208 g/mol. The Morgan fingerprint density at radius 2 is 2.20 bits per heavy atom. The van der Waals surface area contributed by atoms with E-state index in [1.165, 1.54) is 13.2 Å². The number of pyridine rings is 1. The van der Waals surface area contributed by atoms with Crippen LogP contribution in [0.3, 0.4) is 0 Å². The SMILES string of the molecule is COC(=O)c1ccc(C(O)C(F)F)nc1. The molecular formula is C9H9F2NO3. The highest BCUT2D eigenvalue weighted by Crippen LogP contribution is 2.18. The van der Waals surface area contributed by atoms with Crippen molar-refractivity contribution in [3.63, 3.8) is 0 Å². The first-order chi connectivity index (χ1) is 7.06. The summed E-state index contributed by atoms with van der Waals surface area (Å²) in [6, 6.07) is 2.42. The molecule has 4 nitrogen and oxygen atoms in total. The quantitative estimate of drug-likeness (QED) is 0.772. The number of carbonyl (C=O) groups is 1. The minimum absolute atomic E-state index is 0.141. The van der Waals surface area contributed by atoms with Crippen molar-refractivity contribution in [3.05, 3.63) is 29.6 Å². The third-order valence-corrected chi connectivity index (χ3v) is 1.75. The molecule has 0 radical (unpaired) electrons. The van der Waals surface area contributed by atoms with Gasteiger partial charge in [0.2, 0.25) is 0 Å². The van der Waals surface area contributed by atoms with Crippen LogP contribution in [0.15, 0.2) is 18.3 Å². The Balaban J connectivity index is 2.85. The first-order valence-electron chi connectivity index (χ1n) is 4.06. The van der Waals surface area contributed by atoms with Gasteiger partial charge in [0, 0.05) is 6.20 Å². The van der Waals surface area contributed by atoms with Crippen LogP contribution in [0.4, 0.5) is 8.78 Å². The number of carbonyl (C=O) groups excluding carboxylic acids is 1. The predicted molar refractivity (Wildman–Crippen MR) is 46.5 cm³/mol. The predicted octanol–water partition coefficient (Wildman–Crippen LogP) is 1.17.